The SMILES string of the molecule is CC(=O)c1[c]cccn1. The maximum atomic E-state index is 10.6. The maximum Gasteiger partial charge on any atom is 0.178 e. The molecule has 1 rings (SSSR count). The lowest BCUT2D eigenvalue weighted by Crippen LogP contribution is -1.94. The summed E-state index contributed by atoms with van der Waals surface area (Å²) < 4.78 is 0. The van der Waals surface area contributed by atoms with Crippen molar-refractivity contribution in [3.05, 3.63) is 30.1 Å². The topological polar surface area (TPSA) is 30.0 Å². The lowest BCUT2D eigenvalue weighted by molar-refractivity contribution is 0.101. The van der Waals surface area contributed by atoms with Crippen molar-refractivity contribution >= 4 is 5.78 Å². The van der Waals surface area contributed by atoms with E-state index in [2.05, 4.69) is 11.1 Å². The van der Waals surface area contributed by atoms with Crippen LogP contribution in [0.2, 0.25) is 0 Å². The van der Waals surface area contributed by atoms with Crippen LogP contribution in [0.4, 0.5) is 0 Å². The third-order valence-corrected chi connectivity index (χ3v) is 0.939. The van der Waals surface area contributed by atoms with Gasteiger partial charge in [-0.15, -0.1) is 0 Å². The number of carbonyl (C=O) groups is 1. The van der Waals surface area contributed by atoms with E-state index in [0.29, 0.717) is 5.69 Å². The summed E-state index contributed by atoms with van der Waals surface area (Å²) in [5, 5.41) is 0. The predicted molar refractivity (Wildman–Crippen MR) is 33.1 cm³/mol. The Morgan fingerprint density at radius 1 is 1.78 bits per heavy atom. The number of carbonyl (C=O) groups excluding carboxylic acids is 1. The van der Waals surface area contributed by atoms with E-state index in [4.69, 9.17) is 0 Å². The third kappa shape index (κ3) is 1.35. The van der Waals surface area contributed by atoms with Gasteiger partial charge in [0.2, 0.25) is 0 Å². The fraction of sp³-hybridized carbons (Fsp3) is 0.143. The molecular weight excluding hydrogens is 114 g/mol. The molecule has 45 valence electrons. The first kappa shape index (κ1) is 5.95. The average Bonchev–Trinajstić information content (AvgIpc) is 1.90. The molecule has 0 saturated heterocycles. The third-order valence-electron chi connectivity index (χ3n) is 0.939. The quantitative estimate of drug-likeness (QED) is 0.519. The Morgan fingerprint density at radius 2 is 2.56 bits per heavy atom. The predicted octanol–water partition coefficient (Wildman–Crippen LogP) is 1.08. The van der Waals surface area contributed by atoms with Gasteiger partial charge in [0.1, 0.15) is 5.69 Å². The molecule has 0 aliphatic heterocycles. The van der Waals surface area contributed by atoms with E-state index < -0.39 is 0 Å². The Balaban J connectivity index is 2.98. The number of rotatable bonds is 1. The number of hydrogen-bond donors (Lipinski definition) is 0. The molecule has 0 N–H and O–H groups in total. The Labute approximate surface area is 53.5 Å². The molecule has 0 bridgehead atoms. The van der Waals surface area contributed by atoms with Crippen molar-refractivity contribution in [2.24, 2.45) is 0 Å². The van der Waals surface area contributed by atoms with Crippen molar-refractivity contribution in [1.82, 2.24) is 4.98 Å². The highest BCUT2D eigenvalue weighted by atomic mass is 16.1. The number of Topliss-reactive ketones (excluding diaryl/α,β-unsaturated/α-hetero) is 1. The Bertz CT molecular complexity index is 205. The van der Waals surface area contributed by atoms with Gasteiger partial charge in [-0.05, 0) is 6.07 Å². The molecule has 0 aliphatic carbocycles. The highest BCUT2D eigenvalue weighted by molar-refractivity contribution is 5.91. The van der Waals surface area contributed by atoms with Gasteiger partial charge in [-0.3, -0.25) is 9.78 Å². The second kappa shape index (κ2) is 2.40. The molecule has 0 saturated carbocycles. The maximum absolute atomic E-state index is 10.6. The Kier molecular flexibility index (Phi) is 1.58. The Morgan fingerprint density at radius 3 is 2.89 bits per heavy atom. The Hall–Kier alpha value is -1.18. The van der Waals surface area contributed by atoms with Crippen molar-refractivity contribution in [3.8, 4) is 0 Å². The number of ketones is 1. The molecular formula is C7H6NO. The van der Waals surface area contributed by atoms with Gasteiger partial charge in [0.05, 0.1) is 0 Å². The normalized spacial score (nSPS) is 9.00. The zero-order valence-electron chi connectivity index (χ0n) is 5.09. The number of nitrogens with zero attached hydrogens (tertiary/aromatic N) is 1. The zero-order chi connectivity index (χ0) is 6.69. The van der Waals surface area contributed by atoms with E-state index in [1.807, 2.05) is 0 Å². The minimum atomic E-state index is -0.0457. The summed E-state index contributed by atoms with van der Waals surface area (Å²) in [6, 6.07) is 6.11. The van der Waals surface area contributed by atoms with Gasteiger partial charge < -0.3 is 0 Å². The highest BCUT2D eigenvalue weighted by Crippen LogP contribution is 1.91. The average molecular weight is 120 g/mol. The molecule has 0 amide bonds. The molecule has 9 heavy (non-hydrogen) atoms. The summed E-state index contributed by atoms with van der Waals surface area (Å²) >= 11 is 0. The van der Waals surface area contributed by atoms with Crippen molar-refractivity contribution in [2.75, 3.05) is 0 Å². The minimum Gasteiger partial charge on any atom is -0.293 e. The van der Waals surface area contributed by atoms with E-state index in [9.17, 15) is 4.79 Å². The van der Waals surface area contributed by atoms with Crippen LogP contribution in [0.1, 0.15) is 17.4 Å². The number of hydrogen-bond acceptors (Lipinski definition) is 2. The van der Waals surface area contributed by atoms with Crippen LogP contribution in [0.25, 0.3) is 0 Å². The van der Waals surface area contributed by atoms with Crippen LogP contribution in [0.15, 0.2) is 18.3 Å². The summed E-state index contributed by atoms with van der Waals surface area (Å²) in [5.41, 5.74) is 0.400. The fourth-order valence-electron chi connectivity index (χ4n) is 0.517. The molecule has 2 nitrogen and oxygen atoms in total. The smallest absolute Gasteiger partial charge is 0.178 e. The lowest BCUT2D eigenvalue weighted by Gasteiger charge is -1.87. The van der Waals surface area contributed by atoms with E-state index >= 15 is 0 Å². The first-order chi connectivity index (χ1) is 4.30. The van der Waals surface area contributed by atoms with Gasteiger partial charge in [0, 0.05) is 19.2 Å². The van der Waals surface area contributed by atoms with Crippen molar-refractivity contribution in [3.63, 3.8) is 0 Å². The summed E-state index contributed by atoms with van der Waals surface area (Å²) in [6.07, 6.45) is 1.58. The van der Waals surface area contributed by atoms with Crippen LogP contribution in [-0.4, -0.2) is 10.8 Å². The summed E-state index contributed by atoms with van der Waals surface area (Å²) in [7, 11) is 0. The van der Waals surface area contributed by atoms with Gasteiger partial charge in [0.25, 0.3) is 0 Å². The van der Waals surface area contributed by atoms with Crippen LogP contribution in [-0.2, 0) is 0 Å². The molecule has 0 fully saturated rings. The molecule has 1 aromatic heterocycles. The molecule has 1 aromatic rings. The van der Waals surface area contributed by atoms with Gasteiger partial charge in [0.15, 0.2) is 5.78 Å². The van der Waals surface area contributed by atoms with Gasteiger partial charge in [-0.25, -0.2) is 0 Å². The lowest BCUT2D eigenvalue weighted by atomic mass is 10.3. The molecule has 0 atom stereocenters. The van der Waals surface area contributed by atoms with Crippen molar-refractivity contribution in [2.45, 2.75) is 6.92 Å². The molecule has 0 aliphatic rings. The fourth-order valence-corrected chi connectivity index (χ4v) is 0.517. The van der Waals surface area contributed by atoms with Crippen LogP contribution >= 0.6 is 0 Å². The van der Waals surface area contributed by atoms with E-state index in [0.717, 1.165) is 0 Å². The monoisotopic (exact) mass is 120 g/mol. The molecule has 0 unspecified atom stereocenters. The van der Waals surface area contributed by atoms with E-state index in [-0.39, 0.29) is 5.78 Å². The first-order valence-electron chi connectivity index (χ1n) is 2.64. The zero-order valence-corrected chi connectivity index (χ0v) is 5.09. The highest BCUT2D eigenvalue weighted by Gasteiger charge is 1.95. The molecule has 1 radical (unpaired) electrons. The van der Waals surface area contributed by atoms with Crippen molar-refractivity contribution in [1.29, 1.82) is 0 Å². The summed E-state index contributed by atoms with van der Waals surface area (Å²) in [4.78, 5) is 14.3. The van der Waals surface area contributed by atoms with Crippen LogP contribution in [0, 0.1) is 6.07 Å². The van der Waals surface area contributed by atoms with Crippen LogP contribution in [0.5, 0.6) is 0 Å². The molecule has 2 heteroatoms. The van der Waals surface area contributed by atoms with Crippen LogP contribution in [0.3, 0.4) is 0 Å². The van der Waals surface area contributed by atoms with Crippen molar-refractivity contribution < 1.29 is 4.79 Å². The van der Waals surface area contributed by atoms with E-state index in [1.165, 1.54) is 6.92 Å². The standard InChI is InChI=1S/C7H6NO/c1-6(9)7-4-2-3-5-8-7/h2-3,5H,1H3. The van der Waals surface area contributed by atoms with Gasteiger partial charge >= 0.3 is 0 Å². The molecule has 1 heterocycles. The second-order valence-corrected chi connectivity index (χ2v) is 1.69. The number of pyridine rings is 1. The largest absolute Gasteiger partial charge is 0.293 e. The van der Waals surface area contributed by atoms with Crippen LogP contribution < -0.4 is 0 Å². The summed E-state index contributed by atoms with van der Waals surface area (Å²) in [6.45, 7) is 1.47. The molecule has 0 spiro atoms. The van der Waals surface area contributed by atoms with Gasteiger partial charge in [-0.1, -0.05) is 6.07 Å². The molecule has 0 aromatic carbocycles. The van der Waals surface area contributed by atoms with E-state index in [1.54, 1.807) is 18.3 Å². The van der Waals surface area contributed by atoms with Gasteiger partial charge in [-0.2, -0.15) is 0 Å². The second-order valence-electron chi connectivity index (χ2n) is 1.69. The summed E-state index contributed by atoms with van der Waals surface area (Å²) in [5.74, 6) is -0.0457. The number of aromatic nitrogens is 1. The minimum absolute atomic E-state index is 0.0457. The first-order valence-corrected chi connectivity index (χ1v) is 2.64.